The fourth-order valence-corrected chi connectivity index (χ4v) is 6.32. The van der Waals surface area contributed by atoms with Gasteiger partial charge in [-0.15, -0.1) is 0 Å². The quantitative estimate of drug-likeness (QED) is 0.370. The molecule has 0 aliphatic rings. The van der Waals surface area contributed by atoms with Crippen molar-refractivity contribution in [1.29, 1.82) is 0 Å². The van der Waals surface area contributed by atoms with Gasteiger partial charge in [0.05, 0.1) is 14.8 Å². The molecule has 7 nitrogen and oxygen atoms in total. The van der Waals surface area contributed by atoms with Crippen LogP contribution in [0, 0.1) is 10.7 Å². The molecule has 23 heavy (non-hydrogen) atoms. The number of hydrogen-bond donors (Lipinski definition) is 4. The molecule has 0 saturated heterocycles. The maximum atomic E-state index is 12.2. The molecule has 1 unspecified atom stereocenters. The average Bonchev–Trinajstić information content (AvgIpc) is 2.49. The first-order valence-corrected chi connectivity index (χ1v) is 9.50. The third-order valence-electron chi connectivity index (χ3n) is 2.87. The Labute approximate surface area is 174 Å². The fourth-order valence-electron chi connectivity index (χ4n) is 1.80. The van der Waals surface area contributed by atoms with Gasteiger partial charge >= 0.3 is 0 Å². The van der Waals surface area contributed by atoms with E-state index >= 15 is 0 Å². The van der Waals surface area contributed by atoms with Gasteiger partial charge in [-0.25, -0.2) is 0 Å². The van der Waals surface area contributed by atoms with Gasteiger partial charge in [-0.2, -0.15) is 0 Å². The molecule has 1 aromatic rings. The zero-order valence-electron chi connectivity index (χ0n) is 12.4. The van der Waals surface area contributed by atoms with Crippen LogP contribution in [0.3, 0.4) is 0 Å². The van der Waals surface area contributed by atoms with E-state index in [1.807, 2.05) is 67.8 Å². The van der Waals surface area contributed by atoms with Gasteiger partial charge in [-0.3, -0.25) is 14.4 Å². The number of carbonyl (C=O) groups is 3. The van der Waals surface area contributed by atoms with Crippen molar-refractivity contribution in [2.24, 2.45) is 0 Å². The molecule has 0 saturated carbocycles. The highest BCUT2D eigenvalue weighted by atomic mass is 127. The number of benzene rings is 1. The summed E-state index contributed by atoms with van der Waals surface area (Å²) in [5.74, 6) is -1.28. The number of aliphatic hydroxyl groups is 1. The highest BCUT2D eigenvalue weighted by molar-refractivity contribution is 14.1. The van der Waals surface area contributed by atoms with Gasteiger partial charge in [0.1, 0.15) is 0 Å². The van der Waals surface area contributed by atoms with Crippen molar-refractivity contribution in [2.45, 2.75) is 13.0 Å². The summed E-state index contributed by atoms with van der Waals surface area (Å²) >= 11 is 5.83. The molecule has 0 bridgehead atoms. The lowest BCUT2D eigenvalue weighted by atomic mass is 10.0. The second kappa shape index (κ2) is 8.75. The van der Waals surface area contributed by atoms with Crippen molar-refractivity contribution in [1.82, 2.24) is 10.6 Å². The lowest BCUT2D eigenvalue weighted by molar-refractivity contribution is -0.129. The maximum absolute atomic E-state index is 12.2. The van der Waals surface area contributed by atoms with Crippen molar-refractivity contribution in [3.05, 3.63) is 21.8 Å². The molecule has 3 amide bonds. The monoisotopic (exact) mass is 657 g/mol. The van der Waals surface area contributed by atoms with E-state index in [2.05, 4.69) is 16.0 Å². The summed E-state index contributed by atoms with van der Waals surface area (Å²) in [4.78, 5) is 35.5. The van der Waals surface area contributed by atoms with Gasteiger partial charge in [0, 0.05) is 33.7 Å². The molecule has 0 radical (unpaired) electrons. The molecule has 10 heteroatoms. The summed E-state index contributed by atoms with van der Waals surface area (Å²) < 4.78 is 1.51. The standard InChI is InChI=1S/C13H14I3N3O4/c1-4(20)19-10-8(15)5(11(21)13(23)18-3)7(14)6(9(10)16)12(22)17-2/h11,21H,1-3H3,(H,17,22)(H,18,23)(H,19,20). The molecule has 0 aromatic heterocycles. The van der Waals surface area contributed by atoms with Crippen LogP contribution in [0.2, 0.25) is 0 Å². The summed E-state index contributed by atoms with van der Waals surface area (Å²) in [6, 6.07) is 0. The van der Waals surface area contributed by atoms with Gasteiger partial charge in [-0.05, 0) is 67.8 Å². The molecule has 4 N–H and O–H groups in total. The number of carbonyl (C=O) groups excluding carboxylic acids is 3. The molecule has 0 aliphatic heterocycles. The van der Waals surface area contributed by atoms with Crippen molar-refractivity contribution < 1.29 is 19.5 Å². The smallest absolute Gasteiger partial charge is 0.253 e. The Bertz CT molecular complexity index is 679. The molecule has 0 spiro atoms. The van der Waals surface area contributed by atoms with Crippen LogP contribution in [0.25, 0.3) is 0 Å². The van der Waals surface area contributed by atoms with Crippen LogP contribution < -0.4 is 16.0 Å². The second-order valence-corrected chi connectivity index (χ2v) is 7.62. The second-order valence-electron chi connectivity index (χ2n) is 4.38. The van der Waals surface area contributed by atoms with E-state index in [9.17, 15) is 19.5 Å². The normalized spacial score (nSPS) is 11.6. The molecular weight excluding hydrogens is 643 g/mol. The predicted molar refractivity (Wildman–Crippen MR) is 111 cm³/mol. The van der Waals surface area contributed by atoms with Crippen LogP contribution in [0.4, 0.5) is 5.69 Å². The fraction of sp³-hybridized carbons (Fsp3) is 0.308. The van der Waals surface area contributed by atoms with Crippen LogP contribution in [-0.4, -0.2) is 36.9 Å². The van der Waals surface area contributed by atoms with Gasteiger partial charge < -0.3 is 21.1 Å². The number of rotatable bonds is 4. The summed E-state index contributed by atoms with van der Waals surface area (Å²) in [6.45, 7) is 1.35. The maximum Gasteiger partial charge on any atom is 0.253 e. The Kier molecular flexibility index (Phi) is 7.92. The highest BCUT2D eigenvalue weighted by Gasteiger charge is 2.30. The third-order valence-corrected chi connectivity index (χ3v) is 6.19. The molecule has 1 rings (SSSR count). The van der Waals surface area contributed by atoms with E-state index in [0.29, 0.717) is 22.0 Å². The van der Waals surface area contributed by atoms with E-state index in [4.69, 9.17) is 0 Å². The zero-order valence-corrected chi connectivity index (χ0v) is 18.9. The lowest BCUT2D eigenvalue weighted by Crippen LogP contribution is -2.29. The number of likely N-dealkylation sites (N-methyl/N-ethyl adjacent to an activating group) is 1. The first kappa shape index (κ1) is 20.8. The van der Waals surface area contributed by atoms with Crippen LogP contribution >= 0.6 is 67.8 Å². The van der Waals surface area contributed by atoms with E-state index in [-0.39, 0.29) is 17.4 Å². The number of amides is 3. The molecule has 1 aromatic carbocycles. The topological polar surface area (TPSA) is 108 Å². The minimum absolute atomic E-state index is 0.285. The van der Waals surface area contributed by atoms with Crippen molar-refractivity contribution >= 4 is 91.2 Å². The third kappa shape index (κ3) is 4.45. The number of anilines is 1. The van der Waals surface area contributed by atoms with E-state index in [1.165, 1.54) is 21.0 Å². The van der Waals surface area contributed by atoms with Crippen LogP contribution in [0.1, 0.15) is 28.9 Å². The summed E-state index contributed by atoms with van der Waals surface area (Å²) in [5, 5.41) is 17.9. The Balaban J connectivity index is 3.78. The summed E-state index contributed by atoms with van der Waals surface area (Å²) in [5.41, 5.74) is 0.986. The average molecular weight is 657 g/mol. The molecule has 126 valence electrons. The number of hydrogen-bond acceptors (Lipinski definition) is 4. The van der Waals surface area contributed by atoms with Crippen molar-refractivity contribution in [3.63, 3.8) is 0 Å². The number of aliphatic hydroxyl groups excluding tert-OH is 1. The Morgan fingerprint density at radius 2 is 1.57 bits per heavy atom. The Morgan fingerprint density at radius 3 is 2.00 bits per heavy atom. The van der Waals surface area contributed by atoms with Gasteiger partial charge in [0.2, 0.25) is 5.91 Å². The predicted octanol–water partition coefficient (Wildman–Crippen LogP) is 1.60. The van der Waals surface area contributed by atoms with E-state index in [0.717, 1.165) is 0 Å². The lowest BCUT2D eigenvalue weighted by Gasteiger charge is -2.21. The van der Waals surface area contributed by atoms with Crippen LogP contribution in [0.15, 0.2) is 0 Å². The largest absolute Gasteiger partial charge is 0.378 e. The van der Waals surface area contributed by atoms with Crippen molar-refractivity contribution in [2.75, 3.05) is 19.4 Å². The van der Waals surface area contributed by atoms with Gasteiger partial charge in [0.25, 0.3) is 11.8 Å². The number of halogens is 3. The molecular formula is C13H14I3N3O4. The van der Waals surface area contributed by atoms with E-state index in [1.54, 1.807) is 0 Å². The Morgan fingerprint density at radius 1 is 1.00 bits per heavy atom. The first-order valence-electron chi connectivity index (χ1n) is 6.26. The highest BCUT2D eigenvalue weighted by Crippen LogP contribution is 2.38. The number of nitrogens with one attached hydrogen (secondary N) is 3. The van der Waals surface area contributed by atoms with Crippen LogP contribution in [0.5, 0.6) is 0 Å². The SMILES string of the molecule is CNC(=O)c1c(I)c(NC(C)=O)c(I)c(C(O)C(=O)NC)c1I. The minimum Gasteiger partial charge on any atom is -0.378 e. The first-order chi connectivity index (χ1) is 10.7. The molecule has 0 fully saturated rings. The molecule has 1 atom stereocenters. The van der Waals surface area contributed by atoms with Crippen LogP contribution in [-0.2, 0) is 9.59 Å². The summed E-state index contributed by atoms with van der Waals surface area (Å²) in [7, 11) is 2.89. The minimum atomic E-state index is -1.45. The van der Waals surface area contributed by atoms with E-state index < -0.39 is 12.0 Å². The van der Waals surface area contributed by atoms with Gasteiger partial charge in [-0.1, -0.05) is 0 Å². The molecule has 0 aliphatic carbocycles. The summed E-state index contributed by atoms with van der Waals surface area (Å²) in [6.07, 6.45) is -1.45. The van der Waals surface area contributed by atoms with Crippen molar-refractivity contribution in [3.8, 4) is 0 Å². The Hall–Kier alpha value is -0.220. The molecule has 0 heterocycles. The zero-order chi connectivity index (χ0) is 17.9. The van der Waals surface area contributed by atoms with Gasteiger partial charge in [0.15, 0.2) is 6.10 Å².